The van der Waals surface area contributed by atoms with Crippen molar-refractivity contribution >= 4 is 22.7 Å². The zero-order chi connectivity index (χ0) is 59.4. The topological polar surface area (TPSA) is 144 Å². The molecular weight excluding hydrogens is 1080 g/mol. The molecule has 8 aromatic carbocycles. The molecule has 0 aromatic heterocycles. The first-order valence-electron chi connectivity index (χ1n) is 29.4. The number of hydrogen-bond donors (Lipinski definition) is 0. The quantitative estimate of drug-likeness (QED) is 0.0475. The van der Waals surface area contributed by atoms with Gasteiger partial charge in [0, 0.05) is 16.5 Å². The third-order valence-electron chi connectivity index (χ3n) is 14.8. The van der Waals surface area contributed by atoms with Gasteiger partial charge >= 0.3 is 11.9 Å². The van der Waals surface area contributed by atoms with Crippen molar-refractivity contribution in [3.8, 4) is 0 Å². The van der Waals surface area contributed by atoms with E-state index in [0.29, 0.717) is 11.1 Å². The van der Waals surface area contributed by atoms with Gasteiger partial charge in [-0.1, -0.05) is 243 Å². The fraction of sp³-hybridized carbons (Fsp3) is 0.286. The van der Waals surface area contributed by atoms with Crippen LogP contribution in [-0.4, -0.2) is 78.2 Å². The highest BCUT2D eigenvalue weighted by atomic mass is 32.2. The first kappa shape index (κ1) is 57.0. The van der Waals surface area contributed by atoms with E-state index in [9.17, 15) is 9.59 Å². The summed E-state index contributed by atoms with van der Waals surface area (Å²) in [5, 5.41) is 0. The minimum Gasteiger partial charge on any atom is -0.463 e. The summed E-state index contributed by atoms with van der Waals surface area (Å²) >= 11 is 0. The van der Waals surface area contributed by atoms with Gasteiger partial charge in [0.05, 0.1) is 39.6 Å². The Morgan fingerprint density at radius 3 is 0.869 bits per heavy atom. The molecule has 0 amide bonds. The van der Waals surface area contributed by atoms with Crippen LogP contribution in [0.15, 0.2) is 243 Å². The van der Waals surface area contributed by atoms with Gasteiger partial charge in [0.15, 0.2) is 0 Å². The lowest BCUT2D eigenvalue weighted by Crippen LogP contribution is -2.73. The molecule has 0 bridgehead atoms. The lowest BCUT2D eigenvalue weighted by Gasteiger charge is -2.58. The SMILES string of the molecule is [2H]CC(=O)OC[C@H]1OC(c2ccccc2)(S(=O)C2(c3ccccc3)O[C@H](COC(=O)C[2H])[C@@H](OCc3ccccc3)[C@H](OCc3ccccc3)[C@H]2OCc2ccccc2)[C@H](OCc2ccccc2)[C@@H](OCc2ccccc2)[C@@H]1OCc1ccccc1. The van der Waals surface area contributed by atoms with Crippen molar-refractivity contribution in [2.24, 2.45) is 0 Å². The monoisotopic (exact) mass is 1150 g/mol. The van der Waals surface area contributed by atoms with E-state index in [2.05, 4.69) is 0 Å². The van der Waals surface area contributed by atoms with Gasteiger partial charge in [-0.05, 0) is 44.5 Å². The van der Waals surface area contributed by atoms with Crippen LogP contribution in [0.5, 0.6) is 0 Å². The molecule has 2 aliphatic heterocycles. The Balaban J connectivity index is 1.25. The molecule has 14 heteroatoms. The van der Waals surface area contributed by atoms with Gasteiger partial charge < -0.3 is 47.4 Å². The molecule has 2 aliphatic rings. The second-order valence-electron chi connectivity index (χ2n) is 20.5. The summed E-state index contributed by atoms with van der Waals surface area (Å²) in [6, 6.07) is 75.5. The summed E-state index contributed by atoms with van der Waals surface area (Å²) in [6.07, 6.45) is -10.1. The summed E-state index contributed by atoms with van der Waals surface area (Å²) in [5.74, 6) is -1.66. The number of hydrogen-bond acceptors (Lipinski definition) is 13. The predicted octanol–water partition coefficient (Wildman–Crippen LogP) is 11.9. The number of ether oxygens (including phenoxy) is 10. The van der Waals surface area contributed by atoms with Gasteiger partial charge in [-0.15, -0.1) is 0 Å². The molecule has 10 atom stereocenters. The molecule has 10 rings (SSSR count). The predicted molar refractivity (Wildman–Crippen MR) is 318 cm³/mol. The minimum absolute atomic E-state index is 0.0149. The molecule has 2 unspecified atom stereocenters. The summed E-state index contributed by atoms with van der Waals surface area (Å²) in [7, 11) is -2.73. The van der Waals surface area contributed by atoms with E-state index < -0.39 is 108 Å². The Morgan fingerprint density at radius 1 is 0.369 bits per heavy atom. The highest BCUT2D eigenvalue weighted by molar-refractivity contribution is 7.86. The highest BCUT2D eigenvalue weighted by Crippen LogP contribution is 2.55. The molecule has 434 valence electrons. The van der Waals surface area contributed by atoms with Crippen LogP contribution in [0.1, 0.15) is 61.0 Å². The minimum atomic E-state index is -2.73. The van der Waals surface area contributed by atoms with Crippen molar-refractivity contribution in [2.45, 2.75) is 112 Å². The van der Waals surface area contributed by atoms with Crippen LogP contribution in [0.2, 0.25) is 0 Å². The Labute approximate surface area is 496 Å². The van der Waals surface area contributed by atoms with E-state index in [1.54, 1.807) is 24.3 Å². The molecule has 0 saturated carbocycles. The van der Waals surface area contributed by atoms with Crippen LogP contribution in [0.4, 0.5) is 0 Å². The molecule has 84 heavy (non-hydrogen) atoms. The van der Waals surface area contributed by atoms with Gasteiger partial charge in [-0.3, -0.25) is 13.8 Å². The molecule has 2 heterocycles. The van der Waals surface area contributed by atoms with Gasteiger partial charge in [0.1, 0.15) is 72.8 Å². The Morgan fingerprint density at radius 2 is 0.607 bits per heavy atom. The van der Waals surface area contributed by atoms with E-state index in [0.717, 1.165) is 33.4 Å². The Kier molecular flexibility index (Phi) is 19.9. The highest BCUT2D eigenvalue weighted by Gasteiger charge is 2.71. The summed E-state index contributed by atoms with van der Waals surface area (Å²) in [6.45, 7) is -2.30. The second kappa shape index (κ2) is 29.4. The third kappa shape index (κ3) is 14.5. The van der Waals surface area contributed by atoms with E-state index in [1.807, 2.05) is 218 Å². The summed E-state index contributed by atoms with van der Waals surface area (Å²) in [5.41, 5.74) is 5.51. The Hall–Kier alpha value is -7.47. The van der Waals surface area contributed by atoms with Crippen LogP contribution < -0.4 is 0 Å². The van der Waals surface area contributed by atoms with Crippen molar-refractivity contribution in [2.75, 3.05) is 13.2 Å². The van der Waals surface area contributed by atoms with Crippen LogP contribution in [-0.2, 0) is 117 Å². The van der Waals surface area contributed by atoms with Crippen LogP contribution in [0, 0.1) is 0 Å². The summed E-state index contributed by atoms with van der Waals surface area (Å²) < 4.78 is 106. The van der Waals surface area contributed by atoms with Gasteiger partial charge in [0.2, 0.25) is 9.87 Å². The Bertz CT molecular complexity index is 3110. The van der Waals surface area contributed by atoms with Crippen molar-refractivity contribution < 1.29 is 63.9 Å². The van der Waals surface area contributed by atoms with Crippen molar-refractivity contribution in [3.63, 3.8) is 0 Å². The maximum absolute atomic E-state index is 18.6. The second-order valence-corrected chi connectivity index (χ2v) is 22.2. The maximum atomic E-state index is 18.6. The van der Waals surface area contributed by atoms with Crippen LogP contribution >= 0.6 is 0 Å². The van der Waals surface area contributed by atoms with Crippen molar-refractivity contribution in [1.29, 1.82) is 0 Å². The van der Waals surface area contributed by atoms with Crippen LogP contribution in [0.25, 0.3) is 0 Å². The largest absolute Gasteiger partial charge is 0.463 e. The van der Waals surface area contributed by atoms with Crippen molar-refractivity contribution in [1.82, 2.24) is 0 Å². The molecule has 0 N–H and O–H groups in total. The fourth-order valence-electron chi connectivity index (χ4n) is 10.8. The van der Waals surface area contributed by atoms with E-state index in [4.69, 9.17) is 50.1 Å². The lowest BCUT2D eigenvalue weighted by atomic mass is 9.88. The van der Waals surface area contributed by atoms with E-state index in [-0.39, 0.29) is 39.6 Å². The molecule has 0 aliphatic carbocycles. The fourth-order valence-corrected chi connectivity index (χ4v) is 13.2. The smallest absolute Gasteiger partial charge is 0.302 e. The average Bonchev–Trinajstić information content (AvgIpc) is 0.766. The van der Waals surface area contributed by atoms with E-state index >= 15 is 4.21 Å². The zero-order valence-electron chi connectivity index (χ0n) is 48.5. The molecule has 0 spiro atoms. The van der Waals surface area contributed by atoms with Crippen LogP contribution in [0.3, 0.4) is 0 Å². The van der Waals surface area contributed by atoms with Gasteiger partial charge in [-0.2, -0.15) is 0 Å². The first-order chi connectivity index (χ1) is 42.3. The average molecular weight is 1150 g/mol. The number of carbonyl (C=O) groups is 2. The molecule has 2 saturated heterocycles. The zero-order valence-corrected chi connectivity index (χ0v) is 47.3. The molecular formula is C70H70O13S. The lowest BCUT2D eigenvalue weighted by molar-refractivity contribution is -0.298. The van der Waals surface area contributed by atoms with Crippen molar-refractivity contribution in [3.05, 3.63) is 287 Å². The van der Waals surface area contributed by atoms with Gasteiger partial charge in [-0.25, -0.2) is 0 Å². The first-order valence-corrected chi connectivity index (χ1v) is 29.2. The number of carbonyl (C=O) groups excluding carboxylic acids is 2. The van der Waals surface area contributed by atoms with E-state index in [1.165, 1.54) is 0 Å². The summed E-state index contributed by atoms with van der Waals surface area (Å²) in [4.78, 5) is 22.2. The molecule has 8 aromatic rings. The maximum Gasteiger partial charge on any atom is 0.302 e. The molecule has 2 fully saturated rings. The molecule has 0 radical (unpaired) electrons. The number of benzene rings is 8. The van der Waals surface area contributed by atoms with Gasteiger partial charge in [0.25, 0.3) is 0 Å². The molecule has 13 nitrogen and oxygen atoms in total. The standard InChI is InChI=1S/C70H70O13S/c1-51(71)74-49-61-63(76-43-53-27-11-3-12-28-53)65(78-45-55-31-15-5-16-32-55)67(80-47-57-35-19-7-20-36-57)69(82-61,59-39-23-9-24-40-59)84(73)70(60-41-25-10-26-42-60)68(81-48-58-37-21-8-22-38-58)66(79-46-56-33-17-6-18-34-56)64(62(83-70)50-75-52(2)72)77-44-54-29-13-4-14-30-54/h3-42,61-68H,43-50H2,1-2H3/t61-,62-,63-,64-,65+,66+,67-,68-,69?,70?,84?/m1/s1/i1D,2D. The third-order valence-corrected chi connectivity index (χ3v) is 17.0. The number of rotatable bonds is 26. The number of esters is 2. The normalized spacial score (nSPS) is 24.7.